The quantitative estimate of drug-likeness (QED) is 0.204. The Bertz CT molecular complexity index is 1250. The average Bonchev–Trinajstić information content (AvgIpc) is 2.95. The number of likely N-dealkylation sites (N-methyl/N-ethyl adjacent to an activating group) is 1. The van der Waals surface area contributed by atoms with E-state index in [1.165, 1.54) is 22.3 Å². The highest BCUT2D eigenvalue weighted by Gasteiger charge is 2.40. The van der Waals surface area contributed by atoms with Crippen LogP contribution in [0, 0.1) is 0 Å². The minimum absolute atomic E-state index is 0.715. The predicted molar refractivity (Wildman–Crippen MR) is 157 cm³/mol. The van der Waals surface area contributed by atoms with Crippen molar-refractivity contribution in [3.8, 4) is 5.75 Å². The number of carbonyl (C=O) groups is 3. The third-order valence-electron chi connectivity index (χ3n) is 6.22. The second-order valence-electron chi connectivity index (χ2n) is 9.21. The maximum absolute atomic E-state index is 10.3. The first-order chi connectivity index (χ1) is 19.6. The minimum Gasteiger partial charge on any atom is -0.492 e. The van der Waals surface area contributed by atoms with Gasteiger partial charge in [-0.1, -0.05) is 86.6 Å². The Balaban J connectivity index is 0.000000383. The number of hydrogen-bond acceptors (Lipinski definition) is 6. The Kier molecular flexibility index (Phi) is 13.2. The molecule has 0 radical (unpaired) electrons. The van der Waals surface area contributed by atoms with Crippen LogP contribution in [0.3, 0.4) is 0 Å². The molecule has 0 fully saturated rings. The van der Waals surface area contributed by atoms with E-state index in [1.807, 2.05) is 6.07 Å². The Morgan fingerprint density at radius 3 is 1.71 bits per heavy atom. The SMILES string of the molecule is CCN(CC)CCOc1ccc(/C(=C\c2ccccc2)c2ccccc2)cc1.O=C(O)CC(O)(CC(=O)O)C(=O)O. The van der Waals surface area contributed by atoms with Crippen LogP contribution in [0.2, 0.25) is 0 Å². The van der Waals surface area contributed by atoms with Crippen molar-refractivity contribution in [1.29, 1.82) is 0 Å². The van der Waals surface area contributed by atoms with Crippen molar-refractivity contribution in [3.63, 3.8) is 0 Å². The van der Waals surface area contributed by atoms with Crippen molar-refractivity contribution in [2.75, 3.05) is 26.2 Å². The number of aliphatic hydroxyl groups is 1. The first-order valence-electron chi connectivity index (χ1n) is 13.2. The number of hydrogen-bond donors (Lipinski definition) is 4. The molecule has 0 heterocycles. The summed E-state index contributed by atoms with van der Waals surface area (Å²) < 4.78 is 5.94. The summed E-state index contributed by atoms with van der Waals surface area (Å²) in [5, 5.41) is 33.8. The van der Waals surface area contributed by atoms with Gasteiger partial charge < -0.3 is 30.1 Å². The lowest BCUT2D eigenvalue weighted by Crippen LogP contribution is -2.42. The van der Waals surface area contributed by atoms with Gasteiger partial charge in [-0.25, -0.2) is 4.79 Å². The van der Waals surface area contributed by atoms with Crippen molar-refractivity contribution < 1.29 is 39.5 Å². The normalized spacial score (nSPS) is 11.4. The predicted octanol–water partition coefficient (Wildman–Crippen LogP) is 4.75. The Labute approximate surface area is 240 Å². The van der Waals surface area contributed by atoms with Crippen LogP contribution in [0.15, 0.2) is 84.9 Å². The molecule has 0 bridgehead atoms. The van der Waals surface area contributed by atoms with Crippen LogP contribution in [0.25, 0.3) is 11.6 Å². The maximum Gasteiger partial charge on any atom is 0.336 e. The highest BCUT2D eigenvalue weighted by Crippen LogP contribution is 2.27. The van der Waals surface area contributed by atoms with Crippen molar-refractivity contribution >= 4 is 29.6 Å². The molecule has 0 aliphatic rings. The molecule has 0 saturated heterocycles. The van der Waals surface area contributed by atoms with Crippen LogP contribution < -0.4 is 4.74 Å². The summed E-state index contributed by atoms with van der Waals surface area (Å²) in [4.78, 5) is 32.9. The molecule has 0 aromatic heterocycles. The van der Waals surface area contributed by atoms with Crippen molar-refractivity contribution in [2.24, 2.45) is 0 Å². The molecule has 0 spiro atoms. The largest absolute Gasteiger partial charge is 0.492 e. The van der Waals surface area contributed by atoms with Crippen LogP contribution in [0.1, 0.15) is 43.4 Å². The van der Waals surface area contributed by atoms with Crippen LogP contribution in [-0.2, 0) is 14.4 Å². The molecule has 0 amide bonds. The first kappa shape index (κ1) is 32.7. The molecule has 3 aromatic carbocycles. The summed E-state index contributed by atoms with van der Waals surface area (Å²) in [5.74, 6) is -4.10. The lowest BCUT2D eigenvalue weighted by Gasteiger charge is -2.18. The molecule has 9 heteroatoms. The van der Waals surface area contributed by atoms with Gasteiger partial charge in [-0.3, -0.25) is 9.59 Å². The number of ether oxygens (including phenoxy) is 1. The zero-order valence-corrected chi connectivity index (χ0v) is 23.3. The number of carboxylic acid groups (broad SMARTS) is 3. The molecule has 0 unspecified atom stereocenters. The van der Waals surface area contributed by atoms with E-state index in [2.05, 4.69) is 104 Å². The standard InChI is InChI=1S/C26H29NO.C6H8O7/c1-3-27(4-2)19-20-28-25-17-15-24(16-18-25)26(23-13-9-6-10-14-23)21-22-11-7-5-8-12-22;7-3(8)1-6(13,5(11)12)2-4(9)10/h5-18,21H,3-4,19-20H2,1-2H3;13H,1-2H2,(H,7,8)(H,9,10)(H,11,12)/b26-21-;. The second kappa shape index (κ2) is 16.6. The summed E-state index contributed by atoms with van der Waals surface area (Å²) in [5.41, 5.74) is 2.06. The van der Waals surface area contributed by atoms with E-state index in [4.69, 9.17) is 25.2 Å². The number of nitrogens with zero attached hydrogens (tertiary/aromatic N) is 1. The molecule has 218 valence electrons. The number of rotatable bonds is 14. The third-order valence-corrected chi connectivity index (χ3v) is 6.22. The highest BCUT2D eigenvalue weighted by molar-refractivity contribution is 5.91. The van der Waals surface area contributed by atoms with E-state index >= 15 is 0 Å². The molecule has 4 N–H and O–H groups in total. The van der Waals surface area contributed by atoms with E-state index in [1.54, 1.807) is 0 Å². The summed E-state index contributed by atoms with van der Waals surface area (Å²) in [7, 11) is 0. The average molecular weight is 564 g/mol. The van der Waals surface area contributed by atoms with Crippen LogP contribution >= 0.6 is 0 Å². The van der Waals surface area contributed by atoms with Gasteiger partial charge in [-0.2, -0.15) is 0 Å². The highest BCUT2D eigenvalue weighted by atomic mass is 16.5. The molecule has 0 aliphatic heterocycles. The van der Waals surface area contributed by atoms with Crippen molar-refractivity contribution in [3.05, 3.63) is 102 Å². The second-order valence-corrected chi connectivity index (χ2v) is 9.21. The van der Waals surface area contributed by atoms with E-state index < -0.39 is 36.4 Å². The summed E-state index contributed by atoms with van der Waals surface area (Å²) in [6, 6.07) is 29.4. The van der Waals surface area contributed by atoms with Gasteiger partial charge in [0.25, 0.3) is 0 Å². The minimum atomic E-state index is -2.74. The number of carboxylic acids is 3. The monoisotopic (exact) mass is 563 g/mol. The fourth-order valence-corrected chi connectivity index (χ4v) is 3.94. The first-order valence-corrected chi connectivity index (χ1v) is 13.2. The van der Waals surface area contributed by atoms with E-state index in [0.717, 1.165) is 25.4 Å². The molecule has 9 nitrogen and oxygen atoms in total. The molecule has 3 aromatic rings. The van der Waals surface area contributed by atoms with Crippen LogP contribution in [0.4, 0.5) is 0 Å². The zero-order valence-electron chi connectivity index (χ0n) is 23.3. The summed E-state index contributed by atoms with van der Waals surface area (Å²) in [6.45, 7) is 8.16. The molecule has 41 heavy (non-hydrogen) atoms. The molecule has 0 atom stereocenters. The lowest BCUT2D eigenvalue weighted by molar-refractivity contribution is -0.170. The van der Waals surface area contributed by atoms with Crippen LogP contribution in [0.5, 0.6) is 5.75 Å². The maximum atomic E-state index is 10.3. The molecule has 3 rings (SSSR count). The smallest absolute Gasteiger partial charge is 0.336 e. The Hall–Kier alpha value is -4.47. The third kappa shape index (κ3) is 11.3. The number of benzene rings is 3. The zero-order chi connectivity index (χ0) is 30.3. The number of aliphatic carboxylic acids is 3. The lowest BCUT2D eigenvalue weighted by atomic mass is 9.95. The van der Waals surface area contributed by atoms with E-state index in [0.29, 0.717) is 6.61 Å². The fourth-order valence-electron chi connectivity index (χ4n) is 3.94. The Morgan fingerprint density at radius 2 is 1.24 bits per heavy atom. The van der Waals surface area contributed by atoms with Crippen molar-refractivity contribution in [2.45, 2.75) is 32.3 Å². The van der Waals surface area contributed by atoms with Gasteiger partial charge in [0.15, 0.2) is 5.60 Å². The summed E-state index contributed by atoms with van der Waals surface area (Å²) in [6.07, 6.45) is -0.0468. The summed E-state index contributed by atoms with van der Waals surface area (Å²) >= 11 is 0. The van der Waals surface area contributed by atoms with Gasteiger partial charge >= 0.3 is 17.9 Å². The molecule has 0 saturated carbocycles. The molecule has 0 aliphatic carbocycles. The fraction of sp³-hybridized carbons (Fsp3) is 0.281. The van der Waals surface area contributed by atoms with Gasteiger partial charge in [-0.15, -0.1) is 0 Å². The van der Waals surface area contributed by atoms with Crippen LogP contribution in [-0.4, -0.2) is 75.1 Å². The van der Waals surface area contributed by atoms with Gasteiger partial charge in [0.1, 0.15) is 12.4 Å². The molecular weight excluding hydrogens is 526 g/mol. The van der Waals surface area contributed by atoms with Crippen molar-refractivity contribution in [1.82, 2.24) is 4.90 Å². The van der Waals surface area contributed by atoms with Gasteiger partial charge in [-0.05, 0) is 53.6 Å². The van der Waals surface area contributed by atoms with Gasteiger partial charge in [0.05, 0.1) is 12.8 Å². The molecular formula is C32H37NO8. The van der Waals surface area contributed by atoms with Gasteiger partial charge in [0, 0.05) is 6.54 Å². The topological polar surface area (TPSA) is 145 Å². The van der Waals surface area contributed by atoms with Gasteiger partial charge in [0.2, 0.25) is 0 Å². The van der Waals surface area contributed by atoms with E-state index in [-0.39, 0.29) is 0 Å². The Morgan fingerprint density at radius 1 is 0.756 bits per heavy atom. The van der Waals surface area contributed by atoms with E-state index in [9.17, 15) is 14.4 Å².